The maximum atomic E-state index is 3.78. The van der Waals surface area contributed by atoms with E-state index in [4.69, 9.17) is 0 Å². The second-order valence-corrected chi connectivity index (χ2v) is 6.32. The van der Waals surface area contributed by atoms with Gasteiger partial charge in [0.1, 0.15) is 0 Å². The van der Waals surface area contributed by atoms with Gasteiger partial charge in [-0.3, -0.25) is 0 Å². The lowest BCUT2D eigenvalue weighted by molar-refractivity contribution is 0.419. The largest absolute Gasteiger partial charge is 0.314 e. The molecule has 1 fully saturated rings. The Hall–Kier alpha value is -0.0400. The molecule has 17 heavy (non-hydrogen) atoms. The third kappa shape index (κ3) is 7.08. The molecule has 1 N–H and O–H groups in total. The summed E-state index contributed by atoms with van der Waals surface area (Å²) in [7, 11) is 0. The minimum absolute atomic E-state index is 0.825. The first-order valence-corrected chi connectivity index (χ1v) is 7.95. The van der Waals surface area contributed by atoms with Crippen molar-refractivity contribution in [3.8, 4) is 0 Å². The fraction of sp³-hybridized carbons (Fsp3) is 1.00. The molecule has 0 saturated heterocycles. The number of nitrogens with one attached hydrogen (secondary N) is 1. The topological polar surface area (TPSA) is 12.0 Å². The minimum Gasteiger partial charge on any atom is -0.314 e. The lowest BCUT2D eigenvalue weighted by atomic mass is 9.98. The van der Waals surface area contributed by atoms with Crippen LogP contribution in [0.1, 0.15) is 78.6 Å². The molecular formula is C16H33N. The molecule has 2 atom stereocenters. The van der Waals surface area contributed by atoms with Crippen LogP contribution in [0, 0.1) is 11.8 Å². The fourth-order valence-electron chi connectivity index (χ4n) is 2.97. The van der Waals surface area contributed by atoms with Crippen LogP contribution in [0.3, 0.4) is 0 Å². The predicted octanol–water partition coefficient (Wildman–Crippen LogP) is 4.76. The summed E-state index contributed by atoms with van der Waals surface area (Å²) in [6.45, 7) is 8.24. The van der Waals surface area contributed by atoms with Crippen molar-refractivity contribution >= 4 is 0 Å². The summed E-state index contributed by atoms with van der Waals surface area (Å²) < 4.78 is 0. The van der Waals surface area contributed by atoms with Crippen molar-refractivity contribution in [2.24, 2.45) is 11.8 Å². The van der Waals surface area contributed by atoms with E-state index < -0.39 is 0 Å². The highest BCUT2D eigenvalue weighted by Crippen LogP contribution is 2.25. The van der Waals surface area contributed by atoms with Gasteiger partial charge in [-0.25, -0.2) is 0 Å². The number of rotatable bonds is 7. The summed E-state index contributed by atoms with van der Waals surface area (Å²) in [5, 5.41) is 3.78. The van der Waals surface area contributed by atoms with Gasteiger partial charge in [0.05, 0.1) is 0 Å². The van der Waals surface area contributed by atoms with Crippen molar-refractivity contribution in [2.75, 3.05) is 6.54 Å². The third-order valence-electron chi connectivity index (χ3n) is 4.31. The molecule has 1 heteroatoms. The summed E-state index contributed by atoms with van der Waals surface area (Å²) in [5.74, 6) is 1.89. The van der Waals surface area contributed by atoms with Gasteiger partial charge in [-0.15, -0.1) is 0 Å². The summed E-state index contributed by atoms with van der Waals surface area (Å²) in [5.41, 5.74) is 0. The van der Waals surface area contributed by atoms with Crippen molar-refractivity contribution in [3.63, 3.8) is 0 Å². The molecule has 0 aliphatic heterocycles. The lowest BCUT2D eigenvalue weighted by Gasteiger charge is -2.16. The van der Waals surface area contributed by atoms with Crippen molar-refractivity contribution in [2.45, 2.75) is 84.6 Å². The molecule has 0 spiro atoms. The number of hydrogen-bond acceptors (Lipinski definition) is 1. The van der Waals surface area contributed by atoms with E-state index in [1.54, 1.807) is 0 Å². The molecule has 0 bridgehead atoms. The standard InChI is InChI=1S/C16H33N/c1-4-15-9-7-10-16(12-11-15)17-13-6-5-8-14(2)3/h14-17H,4-13H2,1-3H3. The number of hydrogen-bond donors (Lipinski definition) is 1. The Morgan fingerprint density at radius 3 is 2.59 bits per heavy atom. The molecule has 0 amide bonds. The normalized spacial score (nSPS) is 26.1. The zero-order valence-corrected chi connectivity index (χ0v) is 12.3. The molecule has 2 unspecified atom stereocenters. The van der Waals surface area contributed by atoms with Gasteiger partial charge in [0.25, 0.3) is 0 Å². The molecule has 0 aromatic rings. The Kier molecular flexibility index (Phi) is 7.92. The van der Waals surface area contributed by atoms with Gasteiger partial charge < -0.3 is 5.32 Å². The molecule has 102 valence electrons. The fourth-order valence-corrected chi connectivity index (χ4v) is 2.97. The van der Waals surface area contributed by atoms with Crippen LogP contribution in [0.15, 0.2) is 0 Å². The maximum absolute atomic E-state index is 3.78. The molecular weight excluding hydrogens is 206 g/mol. The zero-order chi connectivity index (χ0) is 12.5. The van der Waals surface area contributed by atoms with Gasteiger partial charge in [-0.1, -0.05) is 52.9 Å². The second-order valence-electron chi connectivity index (χ2n) is 6.32. The van der Waals surface area contributed by atoms with E-state index in [1.165, 1.54) is 64.3 Å². The first-order chi connectivity index (χ1) is 8.22. The smallest absolute Gasteiger partial charge is 0.00671 e. The van der Waals surface area contributed by atoms with Crippen LogP contribution in [0.4, 0.5) is 0 Å². The summed E-state index contributed by atoms with van der Waals surface area (Å²) in [4.78, 5) is 0. The average Bonchev–Trinajstić information content (AvgIpc) is 2.53. The first kappa shape index (κ1) is 15.0. The number of unbranched alkanes of at least 4 members (excludes halogenated alkanes) is 1. The molecule has 0 radical (unpaired) electrons. The van der Waals surface area contributed by atoms with Crippen molar-refractivity contribution in [1.29, 1.82) is 0 Å². The van der Waals surface area contributed by atoms with Crippen LogP contribution in [-0.2, 0) is 0 Å². The second kappa shape index (κ2) is 8.97. The van der Waals surface area contributed by atoms with Crippen LogP contribution in [-0.4, -0.2) is 12.6 Å². The Morgan fingerprint density at radius 2 is 1.88 bits per heavy atom. The quantitative estimate of drug-likeness (QED) is 0.499. The third-order valence-corrected chi connectivity index (χ3v) is 4.31. The predicted molar refractivity (Wildman–Crippen MR) is 77.3 cm³/mol. The molecule has 0 aromatic carbocycles. The highest BCUT2D eigenvalue weighted by Gasteiger charge is 2.16. The van der Waals surface area contributed by atoms with Crippen molar-refractivity contribution < 1.29 is 0 Å². The van der Waals surface area contributed by atoms with Crippen molar-refractivity contribution in [1.82, 2.24) is 5.32 Å². The Labute approximate surface area is 109 Å². The van der Waals surface area contributed by atoms with Gasteiger partial charge in [0, 0.05) is 6.04 Å². The minimum atomic E-state index is 0.825. The van der Waals surface area contributed by atoms with E-state index in [2.05, 4.69) is 26.1 Å². The molecule has 1 saturated carbocycles. The molecule has 0 heterocycles. The zero-order valence-electron chi connectivity index (χ0n) is 12.3. The first-order valence-electron chi connectivity index (χ1n) is 7.95. The highest BCUT2D eigenvalue weighted by molar-refractivity contribution is 4.74. The lowest BCUT2D eigenvalue weighted by Crippen LogP contribution is -2.29. The van der Waals surface area contributed by atoms with E-state index in [0.29, 0.717) is 0 Å². The molecule has 1 rings (SSSR count). The summed E-state index contributed by atoms with van der Waals surface area (Å²) >= 11 is 0. The van der Waals surface area contributed by atoms with E-state index >= 15 is 0 Å². The van der Waals surface area contributed by atoms with Gasteiger partial charge in [-0.2, -0.15) is 0 Å². The van der Waals surface area contributed by atoms with E-state index in [-0.39, 0.29) is 0 Å². The van der Waals surface area contributed by atoms with Gasteiger partial charge >= 0.3 is 0 Å². The molecule has 1 aliphatic rings. The Morgan fingerprint density at radius 1 is 1.06 bits per heavy atom. The van der Waals surface area contributed by atoms with Crippen LogP contribution in [0.2, 0.25) is 0 Å². The Balaban J connectivity index is 2.03. The monoisotopic (exact) mass is 239 g/mol. The van der Waals surface area contributed by atoms with Gasteiger partial charge in [-0.05, 0) is 44.1 Å². The van der Waals surface area contributed by atoms with Crippen LogP contribution >= 0.6 is 0 Å². The molecule has 1 aliphatic carbocycles. The molecule has 0 aromatic heterocycles. The van der Waals surface area contributed by atoms with Crippen LogP contribution < -0.4 is 5.32 Å². The van der Waals surface area contributed by atoms with E-state index in [9.17, 15) is 0 Å². The summed E-state index contributed by atoms with van der Waals surface area (Å²) in [6, 6.07) is 0.825. The molecule has 1 nitrogen and oxygen atoms in total. The van der Waals surface area contributed by atoms with Crippen LogP contribution in [0.25, 0.3) is 0 Å². The van der Waals surface area contributed by atoms with Gasteiger partial charge in [0.2, 0.25) is 0 Å². The van der Waals surface area contributed by atoms with Crippen LogP contribution in [0.5, 0.6) is 0 Å². The van der Waals surface area contributed by atoms with E-state index in [0.717, 1.165) is 17.9 Å². The maximum Gasteiger partial charge on any atom is 0.00671 e. The Bertz CT molecular complexity index is 176. The highest BCUT2D eigenvalue weighted by atomic mass is 14.9. The average molecular weight is 239 g/mol. The van der Waals surface area contributed by atoms with E-state index in [1.807, 2.05) is 0 Å². The SMILES string of the molecule is CCC1CCCC(NCCCCC(C)C)CC1. The van der Waals surface area contributed by atoms with Crippen molar-refractivity contribution in [3.05, 3.63) is 0 Å². The summed E-state index contributed by atoms with van der Waals surface area (Å²) in [6.07, 6.45) is 12.8. The van der Waals surface area contributed by atoms with Gasteiger partial charge in [0.15, 0.2) is 0 Å².